The Balaban J connectivity index is 1.50. The van der Waals surface area contributed by atoms with E-state index in [0.717, 1.165) is 54.6 Å². The van der Waals surface area contributed by atoms with Crippen LogP contribution in [0.15, 0.2) is 24.5 Å². The van der Waals surface area contributed by atoms with Crippen LogP contribution >= 0.6 is 0 Å². The monoisotopic (exact) mass is 339 g/mol. The Kier molecular flexibility index (Phi) is 4.19. The average molecular weight is 339 g/mol. The number of nitrogens with zero attached hydrogens (tertiary/aromatic N) is 5. The molecule has 1 fully saturated rings. The van der Waals surface area contributed by atoms with E-state index >= 15 is 0 Å². The van der Waals surface area contributed by atoms with Gasteiger partial charge in [0.1, 0.15) is 17.5 Å². The van der Waals surface area contributed by atoms with Gasteiger partial charge in [-0.2, -0.15) is 4.98 Å². The topological polar surface area (TPSA) is 91.8 Å². The fourth-order valence-corrected chi connectivity index (χ4v) is 3.10. The van der Waals surface area contributed by atoms with Crippen molar-refractivity contribution in [3.63, 3.8) is 0 Å². The highest BCUT2D eigenvalue weighted by Gasteiger charge is 2.20. The minimum Gasteiger partial charge on any atom is -0.381 e. The molecular formula is C17H21N7O. The summed E-state index contributed by atoms with van der Waals surface area (Å²) in [6.45, 7) is 3.73. The van der Waals surface area contributed by atoms with E-state index < -0.39 is 0 Å². The van der Waals surface area contributed by atoms with Gasteiger partial charge in [-0.3, -0.25) is 0 Å². The minimum atomic E-state index is 0.339. The van der Waals surface area contributed by atoms with Crippen molar-refractivity contribution in [2.24, 2.45) is 0 Å². The third kappa shape index (κ3) is 3.39. The highest BCUT2D eigenvalue weighted by Crippen LogP contribution is 2.21. The van der Waals surface area contributed by atoms with Crippen LogP contribution in [0.3, 0.4) is 0 Å². The van der Waals surface area contributed by atoms with Crippen molar-refractivity contribution >= 4 is 28.6 Å². The highest BCUT2D eigenvalue weighted by atomic mass is 16.5. The summed E-state index contributed by atoms with van der Waals surface area (Å²) in [6.07, 6.45) is 5.87. The van der Waals surface area contributed by atoms with Gasteiger partial charge < -0.3 is 19.9 Å². The van der Waals surface area contributed by atoms with Gasteiger partial charge in [0.05, 0.1) is 23.3 Å². The smallest absolute Gasteiger partial charge is 0.227 e. The molecule has 4 rings (SSSR count). The zero-order valence-corrected chi connectivity index (χ0v) is 14.4. The summed E-state index contributed by atoms with van der Waals surface area (Å²) in [5.41, 5.74) is 1.80. The van der Waals surface area contributed by atoms with Gasteiger partial charge in [0, 0.05) is 32.5 Å². The molecule has 2 N–H and O–H groups in total. The molecule has 0 spiro atoms. The molecule has 0 bridgehead atoms. The number of piperidine rings is 1. The fraction of sp³-hybridized carbons (Fsp3) is 0.412. The van der Waals surface area contributed by atoms with E-state index in [1.165, 1.54) is 0 Å². The van der Waals surface area contributed by atoms with Crippen molar-refractivity contribution in [3.05, 3.63) is 30.4 Å². The zero-order valence-electron chi connectivity index (χ0n) is 14.4. The van der Waals surface area contributed by atoms with Crippen molar-refractivity contribution in [2.45, 2.75) is 25.9 Å². The number of imidazole rings is 1. The van der Waals surface area contributed by atoms with Crippen LogP contribution in [0.5, 0.6) is 0 Å². The molecule has 3 aromatic heterocycles. The number of nitrogens with one attached hydrogen (secondary N) is 2. The molecule has 130 valence electrons. The molecule has 25 heavy (non-hydrogen) atoms. The van der Waals surface area contributed by atoms with Gasteiger partial charge in [0.15, 0.2) is 0 Å². The van der Waals surface area contributed by atoms with Crippen LogP contribution < -0.4 is 10.2 Å². The predicted octanol–water partition coefficient (Wildman–Crippen LogP) is 2.42. The summed E-state index contributed by atoms with van der Waals surface area (Å²) < 4.78 is 5.42. The number of fused-ring (bicyclic) bond motifs is 1. The van der Waals surface area contributed by atoms with Crippen LogP contribution in [0.25, 0.3) is 11.0 Å². The Bertz CT molecular complexity index is 870. The Morgan fingerprint density at radius 1 is 1.20 bits per heavy atom. The van der Waals surface area contributed by atoms with Crippen LogP contribution in [0.4, 0.5) is 17.6 Å². The van der Waals surface area contributed by atoms with Crippen molar-refractivity contribution in [2.75, 3.05) is 30.4 Å². The second-order valence-corrected chi connectivity index (χ2v) is 6.20. The molecule has 0 aliphatic carbocycles. The number of aromatic nitrogens is 5. The third-order valence-corrected chi connectivity index (χ3v) is 4.44. The number of hydrogen-bond donors (Lipinski definition) is 2. The molecule has 8 heteroatoms. The first-order chi connectivity index (χ1) is 12.2. The largest absolute Gasteiger partial charge is 0.381 e. The maximum Gasteiger partial charge on any atom is 0.227 e. The van der Waals surface area contributed by atoms with E-state index in [1.54, 1.807) is 19.5 Å². The van der Waals surface area contributed by atoms with Crippen molar-refractivity contribution in [1.29, 1.82) is 0 Å². The van der Waals surface area contributed by atoms with E-state index in [2.05, 4.69) is 35.1 Å². The van der Waals surface area contributed by atoms with Crippen LogP contribution in [0, 0.1) is 6.92 Å². The van der Waals surface area contributed by atoms with Gasteiger partial charge in [-0.1, -0.05) is 0 Å². The van der Waals surface area contributed by atoms with E-state index in [0.29, 0.717) is 11.9 Å². The quantitative estimate of drug-likeness (QED) is 0.754. The molecule has 0 amide bonds. The molecule has 0 radical (unpaired) electrons. The number of anilines is 3. The molecule has 0 aromatic carbocycles. The van der Waals surface area contributed by atoms with E-state index in [-0.39, 0.29) is 0 Å². The van der Waals surface area contributed by atoms with Crippen LogP contribution in [0.1, 0.15) is 18.7 Å². The molecule has 0 atom stereocenters. The molecule has 8 nitrogen and oxygen atoms in total. The standard InChI is InChI=1S/C17H21N7O/c1-11-20-13-9-16(19-10-14(13)21-11)22-15-3-6-18-17(23-15)24-7-4-12(25-2)5-8-24/h3,6,9-10,12H,4-5,7-8H2,1-2H3,(H,20,21)(H,18,19,22,23). The lowest BCUT2D eigenvalue weighted by Crippen LogP contribution is -2.37. The number of methoxy groups -OCH3 is 1. The lowest BCUT2D eigenvalue weighted by molar-refractivity contribution is 0.0816. The molecule has 4 heterocycles. The number of pyridine rings is 1. The number of ether oxygens (including phenoxy) is 1. The van der Waals surface area contributed by atoms with Gasteiger partial charge in [0.2, 0.25) is 5.95 Å². The summed E-state index contributed by atoms with van der Waals surface area (Å²) in [5, 5.41) is 3.24. The third-order valence-electron chi connectivity index (χ3n) is 4.44. The molecule has 0 saturated carbocycles. The van der Waals surface area contributed by atoms with Crippen molar-refractivity contribution in [1.82, 2.24) is 24.9 Å². The van der Waals surface area contributed by atoms with E-state index in [9.17, 15) is 0 Å². The normalized spacial score (nSPS) is 15.7. The minimum absolute atomic E-state index is 0.339. The van der Waals surface area contributed by atoms with Crippen molar-refractivity contribution in [3.8, 4) is 0 Å². The molecular weight excluding hydrogens is 318 g/mol. The van der Waals surface area contributed by atoms with Crippen molar-refractivity contribution < 1.29 is 4.74 Å². The van der Waals surface area contributed by atoms with Gasteiger partial charge in [-0.05, 0) is 25.8 Å². The Hall–Kier alpha value is -2.74. The zero-order chi connectivity index (χ0) is 17.2. The number of hydrogen-bond acceptors (Lipinski definition) is 7. The highest BCUT2D eigenvalue weighted by molar-refractivity contribution is 5.77. The molecule has 1 saturated heterocycles. The maximum atomic E-state index is 5.42. The molecule has 0 unspecified atom stereocenters. The second-order valence-electron chi connectivity index (χ2n) is 6.20. The van der Waals surface area contributed by atoms with Gasteiger partial charge in [0.25, 0.3) is 0 Å². The van der Waals surface area contributed by atoms with E-state index in [1.807, 2.05) is 19.1 Å². The number of aromatic amines is 1. The summed E-state index contributed by atoms with van der Waals surface area (Å²) in [5.74, 6) is 3.04. The van der Waals surface area contributed by atoms with Crippen LogP contribution in [-0.4, -0.2) is 51.2 Å². The van der Waals surface area contributed by atoms with E-state index in [4.69, 9.17) is 4.74 Å². The van der Waals surface area contributed by atoms with Crippen LogP contribution in [0.2, 0.25) is 0 Å². The molecule has 1 aliphatic rings. The Labute approximate surface area is 145 Å². The van der Waals surface area contributed by atoms with Gasteiger partial charge >= 0.3 is 0 Å². The van der Waals surface area contributed by atoms with Crippen LogP contribution in [-0.2, 0) is 4.74 Å². The van der Waals surface area contributed by atoms with Gasteiger partial charge in [-0.15, -0.1) is 0 Å². The SMILES string of the molecule is COC1CCN(c2nccc(Nc3cc4nc(C)[nH]c4cn3)n2)CC1. The fourth-order valence-electron chi connectivity index (χ4n) is 3.10. The first kappa shape index (κ1) is 15.8. The summed E-state index contributed by atoms with van der Waals surface area (Å²) in [4.78, 5) is 23.2. The second kappa shape index (κ2) is 6.64. The Morgan fingerprint density at radius 2 is 2.04 bits per heavy atom. The Morgan fingerprint density at radius 3 is 2.84 bits per heavy atom. The lowest BCUT2D eigenvalue weighted by Gasteiger charge is -2.31. The number of aryl methyl sites for hydroxylation is 1. The average Bonchev–Trinajstić information content (AvgIpc) is 3.01. The summed E-state index contributed by atoms with van der Waals surface area (Å²) in [7, 11) is 1.77. The van der Waals surface area contributed by atoms with Gasteiger partial charge in [-0.25, -0.2) is 15.0 Å². The predicted molar refractivity (Wildman–Crippen MR) is 96.2 cm³/mol. The summed E-state index contributed by atoms with van der Waals surface area (Å²) >= 11 is 0. The summed E-state index contributed by atoms with van der Waals surface area (Å²) in [6, 6.07) is 3.75. The first-order valence-corrected chi connectivity index (χ1v) is 8.41. The number of H-pyrrole nitrogens is 1. The first-order valence-electron chi connectivity index (χ1n) is 8.41. The molecule has 3 aromatic rings. The maximum absolute atomic E-state index is 5.42. The lowest BCUT2D eigenvalue weighted by atomic mass is 10.1. The number of rotatable bonds is 4. The molecule has 1 aliphatic heterocycles.